The summed E-state index contributed by atoms with van der Waals surface area (Å²) in [5.41, 5.74) is 0. The van der Waals surface area contributed by atoms with Crippen molar-refractivity contribution in [3.05, 3.63) is 0 Å². The third kappa shape index (κ3) is 6.22. The Kier molecular flexibility index (Phi) is 6.60. The van der Waals surface area contributed by atoms with Crippen LogP contribution in [0.4, 0.5) is 0 Å². The summed E-state index contributed by atoms with van der Waals surface area (Å²) in [5, 5.41) is 1.59. The molecule has 1 N–H and O–H groups in total. The normalized spacial score (nSPS) is 16.1. The van der Waals surface area contributed by atoms with E-state index in [0.717, 1.165) is 12.8 Å². The van der Waals surface area contributed by atoms with Crippen LogP contribution in [0, 0.1) is 0 Å². The molecular formula is C8H20NO3P. The average Bonchev–Trinajstić information content (AvgIpc) is 2.05. The quantitative estimate of drug-likeness (QED) is 0.516. The second kappa shape index (κ2) is 6.55. The van der Waals surface area contributed by atoms with E-state index in [1.54, 1.807) is 12.0 Å². The van der Waals surface area contributed by atoms with Gasteiger partial charge in [-0.05, 0) is 12.8 Å². The van der Waals surface area contributed by atoms with E-state index in [0.29, 0.717) is 13.1 Å². The van der Waals surface area contributed by atoms with Crippen LogP contribution in [0.3, 0.4) is 0 Å². The summed E-state index contributed by atoms with van der Waals surface area (Å²) in [6.45, 7) is 7.09. The lowest BCUT2D eigenvalue weighted by atomic mass is 10.4. The number of hydroxylamine groups is 2. The third-order valence-corrected chi connectivity index (χ3v) is 2.87. The number of hydrogen-bond acceptors (Lipinski definition) is 3. The second-order valence-corrected chi connectivity index (χ2v) is 5.04. The Morgan fingerprint density at radius 3 is 2.00 bits per heavy atom. The highest BCUT2D eigenvalue weighted by atomic mass is 31.2. The zero-order valence-electron chi connectivity index (χ0n) is 8.69. The molecule has 0 bridgehead atoms. The second-order valence-electron chi connectivity index (χ2n) is 2.96. The van der Waals surface area contributed by atoms with Crippen molar-refractivity contribution in [2.24, 2.45) is 0 Å². The molecule has 0 spiro atoms. The van der Waals surface area contributed by atoms with E-state index in [9.17, 15) is 9.46 Å². The van der Waals surface area contributed by atoms with Gasteiger partial charge in [0, 0.05) is 19.3 Å². The maximum Gasteiger partial charge on any atom is 0.344 e. The van der Waals surface area contributed by atoms with Crippen molar-refractivity contribution in [3.63, 3.8) is 0 Å². The summed E-state index contributed by atoms with van der Waals surface area (Å²) in [5.74, 6) is 0. The van der Waals surface area contributed by atoms with Crippen LogP contribution in [0.1, 0.15) is 33.6 Å². The van der Waals surface area contributed by atoms with Gasteiger partial charge in [0.05, 0.1) is 0 Å². The van der Waals surface area contributed by atoms with E-state index in [-0.39, 0.29) is 6.16 Å². The van der Waals surface area contributed by atoms with Crippen LogP contribution < -0.4 is 0 Å². The number of rotatable bonds is 7. The molecule has 0 saturated carbocycles. The number of hydrogen-bond donors (Lipinski definition) is 1. The molecule has 0 saturated heterocycles. The summed E-state index contributed by atoms with van der Waals surface area (Å²) in [6, 6.07) is 0. The Morgan fingerprint density at radius 2 is 1.69 bits per heavy atom. The highest BCUT2D eigenvalue weighted by Crippen LogP contribution is 2.42. The molecule has 80 valence electrons. The Balaban J connectivity index is 4.00. The Hall–Kier alpha value is 0.110. The molecule has 0 heterocycles. The molecule has 0 rings (SSSR count). The van der Waals surface area contributed by atoms with Gasteiger partial charge in [-0.1, -0.05) is 20.8 Å². The molecule has 5 heteroatoms. The smallest absolute Gasteiger partial charge is 0.323 e. The van der Waals surface area contributed by atoms with Gasteiger partial charge in [0.2, 0.25) is 0 Å². The zero-order valence-corrected chi connectivity index (χ0v) is 9.59. The first kappa shape index (κ1) is 13.1. The topological polar surface area (TPSA) is 49.8 Å². The van der Waals surface area contributed by atoms with Gasteiger partial charge in [0.25, 0.3) is 0 Å². The van der Waals surface area contributed by atoms with Gasteiger partial charge in [-0.3, -0.25) is 4.57 Å². The first-order valence-corrected chi connectivity index (χ1v) is 6.58. The van der Waals surface area contributed by atoms with Crippen molar-refractivity contribution in [3.8, 4) is 0 Å². The van der Waals surface area contributed by atoms with Gasteiger partial charge in [-0.25, -0.2) is 4.62 Å². The van der Waals surface area contributed by atoms with Crippen molar-refractivity contribution in [1.29, 1.82) is 0 Å². The van der Waals surface area contributed by atoms with Crippen LogP contribution in [0.2, 0.25) is 0 Å². The van der Waals surface area contributed by atoms with E-state index in [2.05, 4.69) is 0 Å². The van der Waals surface area contributed by atoms with Crippen molar-refractivity contribution in [2.75, 3.05) is 19.3 Å². The molecule has 1 unspecified atom stereocenters. The van der Waals surface area contributed by atoms with E-state index in [1.807, 2.05) is 13.8 Å². The Bertz CT molecular complexity index is 169. The fourth-order valence-electron chi connectivity index (χ4n) is 0.930. The molecule has 0 radical (unpaired) electrons. The predicted octanol–water partition coefficient (Wildman–Crippen LogP) is 2.25. The standard InChI is InChI=1S/C8H20NO3P/c1-4-7-9(8-5-2)12-13(10,11)6-3/h4-8H2,1-3H3,(H,10,11). The van der Waals surface area contributed by atoms with Crippen LogP contribution in [0.15, 0.2) is 0 Å². The molecule has 0 aliphatic heterocycles. The summed E-state index contributed by atoms with van der Waals surface area (Å²) in [4.78, 5) is 9.24. The molecular weight excluding hydrogens is 189 g/mol. The van der Waals surface area contributed by atoms with Gasteiger partial charge in [-0.2, -0.15) is 5.06 Å². The lowest BCUT2D eigenvalue weighted by molar-refractivity contribution is -0.0663. The van der Waals surface area contributed by atoms with Crippen molar-refractivity contribution < 1.29 is 14.1 Å². The molecule has 0 aromatic carbocycles. The first-order valence-electron chi connectivity index (χ1n) is 4.82. The van der Waals surface area contributed by atoms with Crippen LogP contribution in [-0.2, 0) is 9.19 Å². The van der Waals surface area contributed by atoms with E-state index in [1.165, 1.54) is 0 Å². The fourth-order valence-corrected chi connectivity index (χ4v) is 1.57. The lowest BCUT2D eigenvalue weighted by Gasteiger charge is -2.22. The van der Waals surface area contributed by atoms with Gasteiger partial charge in [-0.15, -0.1) is 0 Å². The molecule has 13 heavy (non-hydrogen) atoms. The van der Waals surface area contributed by atoms with Gasteiger partial charge in [0.15, 0.2) is 0 Å². The number of nitrogens with zero attached hydrogens (tertiary/aromatic N) is 1. The molecule has 1 atom stereocenters. The molecule has 0 fully saturated rings. The monoisotopic (exact) mass is 209 g/mol. The maximum absolute atomic E-state index is 11.2. The van der Waals surface area contributed by atoms with E-state index >= 15 is 0 Å². The maximum atomic E-state index is 11.2. The van der Waals surface area contributed by atoms with Crippen LogP contribution >= 0.6 is 7.60 Å². The highest BCUT2D eigenvalue weighted by Gasteiger charge is 2.20. The average molecular weight is 209 g/mol. The van der Waals surface area contributed by atoms with Gasteiger partial charge >= 0.3 is 7.60 Å². The van der Waals surface area contributed by atoms with Crippen molar-refractivity contribution >= 4 is 7.60 Å². The molecule has 0 aromatic rings. The van der Waals surface area contributed by atoms with Crippen molar-refractivity contribution in [1.82, 2.24) is 5.06 Å². The summed E-state index contributed by atoms with van der Waals surface area (Å²) >= 11 is 0. The highest BCUT2D eigenvalue weighted by molar-refractivity contribution is 7.52. The minimum absolute atomic E-state index is 0.164. The van der Waals surface area contributed by atoms with Crippen LogP contribution in [0.5, 0.6) is 0 Å². The van der Waals surface area contributed by atoms with Crippen LogP contribution in [0.25, 0.3) is 0 Å². The first-order chi connectivity index (χ1) is 6.05. The third-order valence-electron chi connectivity index (χ3n) is 1.59. The molecule has 0 amide bonds. The fraction of sp³-hybridized carbons (Fsp3) is 1.00. The minimum Gasteiger partial charge on any atom is -0.323 e. The summed E-state index contributed by atoms with van der Waals surface area (Å²) in [6.07, 6.45) is 2.00. The van der Waals surface area contributed by atoms with E-state index < -0.39 is 7.60 Å². The Labute approximate surface area is 80.4 Å². The molecule has 0 aliphatic carbocycles. The SMILES string of the molecule is CCCN(CCC)OP(=O)(O)CC. The summed E-state index contributed by atoms with van der Waals surface area (Å²) in [7, 11) is -3.36. The van der Waals surface area contributed by atoms with Gasteiger partial charge in [0.1, 0.15) is 0 Å². The van der Waals surface area contributed by atoms with Crippen molar-refractivity contribution in [2.45, 2.75) is 33.6 Å². The van der Waals surface area contributed by atoms with Crippen LogP contribution in [-0.4, -0.2) is 29.2 Å². The van der Waals surface area contributed by atoms with Gasteiger partial charge < -0.3 is 4.89 Å². The largest absolute Gasteiger partial charge is 0.344 e. The predicted molar refractivity (Wildman–Crippen MR) is 53.6 cm³/mol. The zero-order chi connectivity index (χ0) is 10.3. The molecule has 4 nitrogen and oxygen atoms in total. The summed E-state index contributed by atoms with van der Waals surface area (Å²) < 4.78 is 16.2. The molecule has 0 aliphatic rings. The Morgan fingerprint density at radius 1 is 1.23 bits per heavy atom. The molecule has 0 aromatic heterocycles. The minimum atomic E-state index is -3.36. The lowest BCUT2D eigenvalue weighted by Crippen LogP contribution is -2.24. The van der Waals surface area contributed by atoms with E-state index in [4.69, 9.17) is 4.62 Å².